The molecule has 1 unspecified atom stereocenters. The molecule has 1 aromatic carbocycles. The molecule has 0 aromatic heterocycles. The first-order valence-electron chi connectivity index (χ1n) is 9.25. The Morgan fingerprint density at radius 3 is 2.64 bits per heavy atom. The summed E-state index contributed by atoms with van der Waals surface area (Å²) in [6.45, 7) is 7.45. The van der Waals surface area contributed by atoms with Crippen molar-refractivity contribution in [3.63, 3.8) is 0 Å². The summed E-state index contributed by atoms with van der Waals surface area (Å²) >= 11 is 0. The second-order valence-corrected chi connectivity index (χ2v) is 7.58. The van der Waals surface area contributed by atoms with Gasteiger partial charge in [0.25, 0.3) is 0 Å². The highest BCUT2D eigenvalue weighted by molar-refractivity contribution is 6.13. The number of hydrogen-bond donors (Lipinski definition) is 2. The number of para-hydroxylation sites is 1. The zero-order valence-corrected chi connectivity index (χ0v) is 15.4. The van der Waals surface area contributed by atoms with Gasteiger partial charge in [0.1, 0.15) is 5.41 Å². The van der Waals surface area contributed by atoms with Crippen LogP contribution < -0.4 is 10.6 Å². The van der Waals surface area contributed by atoms with E-state index in [-0.39, 0.29) is 17.9 Å². The van der Waals surface area contributed by atoms with E-state index in [2.05, 4.69) is 24.5 Å². The van der Waals surface area contributed by atoms with Crippen LogP contribution in [-0.4, -0.2) is 31.1 Å². The zero-order valence-electron chi connectivity index (χ0n) is 15.4. The van der Waals surface area contributed by atoms with Crippen molar-refractivity contribution in [3.8, 4) is 0 Å². The third kappa shape index (κ3) is 3.71. The summed E-state index contributed by atoms with van der Waals surface area (Å²) in [5.41, 5.74) is 2.06. The molecular formula is C20H28N2O3. The Morgan fingerprint density at radius 2 is 2.04 bits per heavy atom. The number of aryl methyl sites for hydroxylation is 1. The number of carbonyl (C=O) groups excluding carboxylic acids is 2. The number of carbonyl (C=O) groups is 2. The maximum atomic E-state index is 12.9. The SMILES string of the molecule is Cc1cccc(C(C)C)c1NC(=O)C1(C(=O)NCC2CCCO2)CC1. The molecule has 5 heteroatoms. The normalized spacial score (nSPS) is 21.2. The first-order valence-corrected chi connectivity index (χ1v) is 9.25. The molecule has 1 saturated heterocycles. The molecule has 0 spiro atoms. The van der Waals surface area contributed by atoms with Crippen molar-refractivity contribution >= 4 is 17.5 Å². The predicted molar refractivity (Wildman–Crippen MR) is 97.5 cm³/mol. The van der Waals surface area contributed by atoms with E-state index in [1.165, 1.54) is 0 Å². The van der Waals surface area contributed by atoms with E-state index >= 15 is 0 Å². The van der Waals surface area contributed by atoms with Gasteiger partial charge in [-0.15, -0.1) is 0 Å². The standard InChI is InChI=1S/C20H28N2O3/c1-13(2)16-8-4-6-14(3)17(16)22-19(24)20(9-10-20)18(23)21-12-15-7-5-11-25-15/h4,6,8,13,15H,5,7,9-12H2,1-3H3,(H,21,23)(H,22,24). The highest BCUT2D eigenvalue weighted by atomic mass is 16.5. The minimum atomic E-state index is -0.908. The van der Waals surface area contributed by atoms with Gasteiger partial charge in [0, 0.05) is 18.8 Å². The molecule has 0 radical (unpaired) electrons. The van der Waals surface area contributed by atoms with Crippen LogP contribution in [-0.2, 0) is 14.3 Å². The highest BCUT2D eigenvalue weighted by Gasteiger charge is 2.56. The van der Waals surface area contributed by atoms with Crippen LogP contribution in [0.4, 0.5) is 5.69 Å². The van der Waals surface area contributed by atoms with Crippen LogP contribution >= 0.6 is 0 Å². The molecule has 136 valence electrons. The largest absolute Gasteiger partial charge is 0.376 e. The number of amides is 2. The van der Waals surface area contributed by atoms with Gasteiger partial charge in [0.2, 0.25) is 11.8 Å². The lowest BCUT2D eigenvalue weighted by Gasteiger charge is -2.20. The van der Waals surface area contributed by atoms with E-state index < -0.39 is 5.41 Å². The Hall–Kier alpha value is -1.88. The fourth-order valence-corrected chi connectivity index (χ4v) is 3.44. The van der Waals surface area contributed by atoms with E-state index in [4.69, 9.17) is 4.74 Å². The van der Waals surface area contributed by atoms with Gasteiger partial charge in [-0.1, -0.05) is 32.0 Å². The first-order chi connectivity index (χ1) is 11.9. The lowest BCUT2D eigenvalue weighted by Crippen LogP contribution is -2.42. The zero-order chi connectivity index (χ0) is 18.0. The lowest BCUT2D eigenvalue weighted by atomic mass is 9.97. The van der Waals surface area contributed by atoms with E-state index in [0.29, 0.717) is 25.3 Å². The molecule has 1 aliphatic heterocycles. The maximum Gasteiger partial charge on any atom is 0.240 e. The molecule has 25 heavy (non-hydrogen) atoms. The summed E-state index contributed by atoms with van der Waals surface area (Å²) in [5.74, 6) is -0.0487. The van der Waals surface area contributed by atoms with Crippen LogP contribution in [0.25, 0.3) is 0 Å². The van der Waals surface area contributed by atoms with Gasteiger partial charge in [-0.25, -0.2) is 0 Å². The Morgan fingerprint density at radius 1 is 1.28 bits per heavy atom. The predicted octanol–water partition coefficient (Wildman–Crippen LogP) is 3.13. The van der Waals surface area contributed by atoms with Crippen molar-refractivity contribution in [3.05, 3.63) is 29.3 Å². The summed E-state index contributed by atoms with van der Waals surface area (Å²) < 4.78 is 5.54. The molecule has 2 aliphatic rings. The van der Waals surface area contributed by atoms with Crippen molar-refractivity contribution in [1.82, 2.24) is 5.32 Å². The van der Waals surface area contributed by atoms with E-state index in [1.54, 1.807) is 0 Å². The summed E-state index contributed by atoms with van der Waals surface area (Å²) in [6, 6.07) is 6.02. The Kier molecular flexibility index (Phi) is 5.13. The smallest absolute Gasteiger partial charge is 0.240 e. The molecule has 1 aromatic rings. The molecule has 0 bridgehead atoms. The fourth-order valence-electron chi connectivity index (χ4n) is 3.44. The van der Waals surface area contributed by atoms with Gasteiger partial charge in [0.05, 0.1) is 6.10 Å². The number of nitrogens with one attached hydrogen (secondary N) is 2. The summed E-state index contributed by atoms with van der Waals surface area (Å²) in [6.07, 6.45) is 3.32. The number of benzene rings is 1. The highest BCUT2D eigenvalue weighted by Crippen LogP contribution is 2.47. The van der Waals surface area contributed by atoms with Crippen LogP contribution in [0.15, 0.2) is 18.2 Å². The quantitative estimate of drug-likeness (QED) is 0.779. The number of hydrogen-bond acceptors (Lipinski definition) is 3. The molecule has 2 amide bonds. The molecule has 1 saturated carbocycles. The van der Waals surface area contributed by atoms with E-state index in [1.807, 2.05) is 25.1 Å². The van der Waals surface area contributed by atoms with E-state index in [9.17, 15) is 9.59 Å². The van der Waals surface area contributed by atoms with Crippen molar-refractivity contribution in [2.75, 3.05) is 18.5 Å². The average molecular weight is 344 g/mol. The van der Waals surface area contributed by atoms with Gasteiger partial charge >= 0.3 is 0 Å². The summed E-state index contributed by atoms with van der Waals surface area (Å²) in [4.78, 5) is 25.5. The molecule has 1 aliphatic carbocycles. The van der Waals surface area contributed by atoms with Gasteiger partial charge < -0.3 is 15.4 Å². The van der Waals surface area contributed by atoms with Crippen molar-refractivity contribution in [2.45, 2.75) is 58.5 Å². The van der Waals surface area contributed by atoms with Gasteiger partial charge in [-0.3, -0.25) is 9.59 Å². The minimum absolute atomic E-state index is 0.0896. The van der Waals surface area contributed by atoms with Crippen molar-refractivity contribution in [2.24, 2.45) is 5.41 Å². The van der Waals surface area contributed by atoms with E-state index in [0.717, 1.165) is 36.3 Å². The molecule has 1 atom stereocenters. The van der Waals surface area contributed by atoms with Crippen LogP contribution in [0, 0.1) is 12.3 Å². The van der Waals surface area contributed by atoms with Gasteiger partial charge in [-0.2, -0.15) is 0 Å². The van der Waals surface area contributed by atoms with Crippen LogP contribution in [0.5, 0.6) is 0 Å². The number of rotatable bonds is 6. The number of ether oxygens (including phenoxy) is 1. The summed E-state index contributed by atoms with van der Waals surface area (Å²) in [7, 11) is 0. The lowest BCUT2D eigenvalue weighted by molar-refractivity contribution is -0.134. The van der Waals surface area contributed by atoms with Gasteiger partial charge in [-0.05, 0) is 49.7 Å². The molecule has 5 nitrogen and oxygen atoms in total. The maximum absolute atomic E-state index is 12.9. The fraction of sp³-hybridized carbons (Fsp3) is 0.600. The van der Waals surface area contributed by atoms with Crippen LogP contribution in [0.3, 0.4) is 0 Å². The Labute approximate surface area is 149 Å². The molecular weight excluding hydrogens is 316 g/mol. The Bertz CT molecular complexity index is 659. The number of anilines is 1. The minimum Gasteiger partial charge on any atom is -0.376 e. The second-order valence-electron chi connectivity index (χ2n) is 7.58. The molecule has 1 heterocycles. The average Bonchev–Trinajstić information content (AvgIpc) is 3.24. The monoisotopic (exact) mass is 344 g/mol. The third-order valence-corrected chi connectivity index (χ3v) is 5.30. The molecule has 2 N–H and O–H groups in total. The van der Waals surface area contributed by atoms with Crippen molar-refractivity contribution < 1.29 is 14.3 Å². The topological polar surface area (TPSA) is 67.4 Å². The van der Waals surface area contributed by atoms with Crippen LogP contribution in [0.1, 0.15) is 56.6 Å². The molecule has 3 rings (SSSR count). The first kappa shape index (κ1) is 17.9. The second kappa shape index (κ2) is 7.16. The molecule has 2 fully saturated rings. The Balaban J connectivity index is 1.67. The van der Waals surface area contributed by atoms with Gasteiger partial charge in [0.15, 0.2) is 0 Å². The summed E-state index contributed by atoms with van der Waals surface area (Å²) in [5, 5.41) is 5.96. The van der Waals surface area contributed by atoms with Crippen molar-refractivity contribution in [1.29, 1.82) is 0 Å². The third-order valence-electron chi connectivity index (χ3n) is 5.30. The van der Waals surface area contributed by atoms with Crippen LogP contribution in [0.2, 0.25) is 0 Å².